The summed E-state index contributed by atoms with van der Waals surface area (Å²) in [5.41, 5.74) is -1.42. The summed E-state index contributed by atoms with van der Waals surface area (Å²) < 4.78 is 29.2. The van der Waals surface area contributed by atoms with Crippen LogP contribution in [-0.2, 0) is 10.1 Å². The van der Waals surface area contributed by atoms with Gasteiger partial charge in [-0.2, -0.15) is 0 Å². The number of methoxy groups -OCH3 is 1. The Kier molecular flexibility index (Phi) is 4.17. The average Bonchev–Trinajstić information content (AvgIpc) is 2.26. The molecule has 0 bridgehead atoms. The first-order valence-corrected chi connectivity index (χ1v) is 5.32. The van der Waals surface area contributed by atoms with Crippen LogP contribution in [0.2, 0.25) is 0 Å². The van der Waals surface area contributed by atoms with Crippen molar-refractivity contribution < 1.29 is 18.3 Å². The van der Waals surface area contributed by atoms with E-state index in [1.54, 1.807) is 0 Å². The van der Waals surface area contributed by atoms with E-state index in [4.69, 9.17) is 0 Å². The normalized spacial score (nSPS) is 10.6. The number of ether oxygens (including phenoxy) is 1. The molecule has 0 spiro atoms. The van der Waals surface area contributed by atoms with Crippen LogP contribution in [-0.4, -0.2) is 18.1 Å². The molecule has 0 amide bonds. The lowest BCUT2D eigenvalue weighted by Crippen LogP contribution is -2.19. The Balaban J connectivity index is 3.43. The number of rotatable bonds is 3. The maximum absolute atomic E-state index is 12.4. The molecule has 7 heteroatoms. The number of esters is 1. The van der Waals surface area contributed by atoms with Crippen molar-refractivity contribution in [3.63, 3.8) is 0 Å². The lowest BCUT2D eigenvalue weighted by Gasteiger charge is -2.07. The number of aromatic nitrogens is 1. The monoisotopic (exact) mass is 295 g/mol. The van der Waals surface area contributed by atoms with Crippen LogP contribution >= 0.6 is 15.9 Å². The molecule has 16 heavy (non-hydrogen) atoms. The van der Waals surface area contributed by atoms with Gasteiger partial charge in [0, 0.05) is 17.0 Å². The fraction of sp³-hybridized carbons (Fsp3) is 0.333. The lowest BCUT2D eigenvalue weighted by molar-refractivity contribution is 0.0591. The SMILES string of the molecule is COC(=O)c1[nH]c(C(F)F)cc(=O)c1CBr. The van der Waals surface area contributed by atoms with Gasteiger partial charge in [-0.1, -0.05) is 15.9 Å². The molecular weight excluding hydrogens is 288 g/mol. The number of halogens is 3. The topological polar surface area (TPSA) is 59.2 Å². The van der Waals surface area contributed by atoms with Crippen molar-refractivity contribution >= 4 is 21.9 Å². The number of nitrogens with one attached hydrogen (secondary N) is 1. The summed E-state index contributed by atoms with van der Waals surface area (Å²) in [5.74, 6) is -0.853. The molecule has 0 fully saturated rings. The highest BCUT2D eigenvalue weighted by molar-refractivity contribution is 9.08. The summed E-state index contributed by atoms with van der Waals surface area (Å²) in [7, 11) is 1.10. The molecule has 0 aliphatic carbocycles. The number of aromatic amines is 1. The van der Waals surface area contributed by atoms with Crippen LogP contribution in [0.5, 0.6) is 0 Å². The van der Waals surface area contributed by atoms with Crippen molar-refractivity contribution in [2.75, 3.05) is 7.11 Å². The van der Waals surface area contributed by atoms with E-state index in [9.17, 15) is 18.4 Å². The minimum atomic E-state index is -2.85. The smallest absolute Gasteiger partial charge is 0.354 e. The Hall–Kier alpha value is -1.24. The molecule has 0 unspecified atom stereocenters. The Labute approximate surface area is 97.7 Å². The van der Waals surface area contributed by atoms with E-state index in [1.807, 2.05) is 0 Å². The molecular formula is C9H8BrF2NO3. The first-order valence-electron chi connectivity index (χ1n) is 4.19. The number of pyridine rings is 1. The second-order valence-corrected chi connectivity index (χ2v) is 3.43. The van der Waals surface area contributed by atoms with Gasteiger partial charge in [0.2, 0.25) is 0 Å². The van der Waals surface area contributed by atoms with Gasteiger partial charge < -0.3 is 9.72 Å². The minimum absolute atomic E-state index is 0.0660. The van der Waals surface area contributed by atoms with Crippen molar-refractivity contribution in [3.05, 3.63) is 33.2 Å². The number of H-pyrrole nitrogens is 1. The van der Waals surface area contributed by atoms with E-state index in [1.165, 1.54) is 0 Å². The number of hydrogen-bond donors (Lipinski definition) is 1. The van der Waals surface area contributed by atoms with E-state index in [-0.39, 0.29) is 16.6 Å². The molecule has 1 rings (SSSR count). The zero-order chi connectivity index (χ0) is 12.3. The Bertz CT molecular complexity index is 459. The summed E-state index contributed by atoms with van der Waals surface area (Å²) in [6, 6.07) is 0.772. The highest BCUT2D eigenvalue weighted by atomic mass is 79.9. The third-order valence-corrected chi connectivity index (χ3v) is 2.47. The second-order valence-electron chi connectivity index (χ2n) is 2.87. The highest BCUT2D eigenvalue weighted by Crippen LogP contribution is 2.17. The number of hydrogen-bond acceptors (Lipinski definition) is 3. The molecule has 0 aliphatic heterocycles. The van der Waals surface area contributed by atoms with Crippen molar-refractivity contribution in [3.8, 4) is 0 Å². The molecule has 88 valence electrons. The van der Waals surface area contributed by atoms with Gasteiger partial charge in [-0.15, -0.1) is 0 Å². The van der Waals surface area contributed by atoms with Gasteiger partial charge in [-0.05, 0) is 0 Å². The first kappa shape index (κ1) is 12.8. The Morgan fingerprint density at radius 3 is 2.69 bits per heavy atom. The third-order valence-electron chi connectivity index (χ3n) is 1.91. The van der Waals surface area contributed by atoms with E-state index < -0.39 is 23.5 Å². The zero-order valence-corrected chi connectivity index (χ0v) is 9.81. The Morgan fingerprint density at radius 1 is 1.62 bits per heavy atom. The van der Waals surface area contributed by atoms with Gasteiger partial charge in [0.1, 0.15) is 5.69 Å². The van der Waals surface area contributed by atoms with Gasteiger partial charge in [0.15, 0.2) is 5.43 Å². The molecule has 1 aromatic rings. The van der Waals surface area contributed by atoms with Gasteiger partial charge in [0.05, 0.1) is 12.8 Å². The Morgan fingerprint density at radius 2 is 2.25 bits per heavy atom. The van der Waals surface area contributed by atoms with Crippen molar-refractivity contribution in [2.45, 2.75) is 11.8 Å². The fourth-order valence-corrected chi connectivity index (χ4v) is 1.69. The number of carbonyl (C=O) groups is 1. The van der Waals surface area contributed by atoms with Crippen molar-refractivity contribution in [1.82, 2.24) is 4.98 Å². The minimum Gasteiger partial charge on any atom is -0.464 e. The third kappa shape index (κ3) is 2.46. The van der Waals surface area contributed by atoms with Gasteiger partial charge >= 0.3 is 5.97 Å². The van der Waals surface area contributed by atoms with Crippen LogP contribution in [0.3, 0.4) is 0 Å². The standard InChI is InChI=1S/C9H8BrF2NO3/c1-16-9(15)7-4(3-10)6(14)2-5(13-7)8(11)12/h2,8H,3H2,1H3,(H,13,14). The average molecular weight is 296 g/mol. The summed E-state index contributed by atoms with van der Waals surface area (Å²) in [6.07, 6.45) is -2.85. The summed E-state index contributed by atoms with van der Waals surface area (Å²) in [6.45, 7) is 0. The van der Waals surface area contributed by atoms with Gasteiger partial charge in [-0.25, -0.2) is 13.6 Å². The van der Waals surface area contributed by atoms with Crippen LogP contribution in [0.25, 0.3) is 0 Å². The number of alkyl halides is 3. The second kappa shape index (κ2) is 5.20. The van der Waals surface area contributed by atoms with E-state index in [0.29, 0.717) is 0 Å². The van der Waals surface area contributed by atoms with Gasteiger partial charge in [-0.3, -0.25) is 4.79 Å². The van der Waals surface area contributed by atoms with Crippen molar-refractivity contribution in [2.24, 2.45) is 0 Å². The predicted octanol–water partition coefficient (Wildman–Crippen LogP) is 1.99. The molecule has 4 nitrogen and oxygen atoms in total. The maximum atomic E-state index is 12.4. The highest BCUT2D eigenvalue weighted by Gasteiger charge is 2.19. The molecule has 1 heterocycles. The van der Waals surface area contributed by atoms with E-state index in [2.05, 4.69) is 25.7 Å². The van der Waals surface area contributed by atoms with Crippen LogP contribution < -0.4 is 5.43 Å². The fourth-order valence-electron chi connectivity index (χ4n) is 1.13. The molecule has 0 saturated carbocycles. The molecule has 1 aromatic heterocycles. The van der Waals surface area contributed by atoms with E-state index in [0.717, 1.165) is 13.2 Å². The molecule has 0 saturated heterocycles. The van der Waals surface area contributed by atoms with Gasteiger partial charge in [0.25, 0.3) is 6.43 Å². The van der Waals surface area contributed by atoms with Crippen LogP contribution in [0.15, 0.2) is 10.9 Å². The zero-order valence-electron chi connectivity index (χ0n) is 8.22. The van der Waals surface area contributed by atoms with Crippen LogP contribution in [0.1, 0.15) is 28.2 Å². The summed E-state index contributed by atoms with van der Waals surface area (Å²) >= 11 is 3.00. The molecule has 0 atom stereocenters. The first-order chi connectivity index (χ1) is 7.51. The molecule has 0 aliphatic rings. The van der Waals surface area contributed by atoms with E-state index >= 15 is 0 Å². The van der Waals surface area contributed by atoms with Crippen LogP contribution in [0, 0.1) is 0 Å². The predicted molar refractivity (Wildman–Crippen MR) is 56.0 cm³/mol. The summed E-state index contributed by atoms with van der Waals surface area (Å²) in [5, 5.41) is 0.0796. The largest absolute Gasteiger partial charge is 0.464 e. The molecule has 1 N–H and O–H groups in total. The maximum Gasteiger partial charge on any atom is 0.354 e. The summed E-state index contributed by atoms with van der Waals surface area (Å²) in [4.78, 5) is 24.9. The van der Waals surface area contributed by atoms with Crippen LogP contribution in [0.4, 0.5) is 8.78 Å². The molecule has 0 aromatic carbocycles. The lowest BCUT2D eigenvalue weighted by atomic mass is 10.2. The molecule has 0 radical (unpaired) electrons. The number of carbonyl (C=O) groups excluding carboxylic acids is 1. The van der Waals surface area contributed by atoms with Crippen molar-refractivity contribution in [1.29, 1.82) is 0 Å². The quantitative estimate of drug-likeness (QED) is 0.685.